The van der Waals surface area contributed by atoms with Crippen molar-refractivity contribution >= 4 is 5.91 Å². The molecule has 1 saturated heterocycles. The van der Waals surface area contributed by atoms with Crippen LogP contribution in [0.3, 0.4) is 0 Å². The average Bonchev–Trinajstić information content (AvgIpc) is 3.05. The van der Waals surface area contributed by atoms with Gasteiger partial charge in [-0.3, -0.25) is 9.69 Å². The first-order chi connectivity index (χ1) is 11.2. The summed E-state index contributed by atoms with van der Waals surface area (Å²) in [4.78, 5) is 20.3. The van der Waals surface area contributed by atoms with Crippen LogP contribution in [0, 0.1) is 5.82 Å². The molecule has 1 aromatic carbocycles. The van der Waals surface area contributed by atoms with E-state index in [1.807, 2.05) is 22.0 Å². The van der Waals surface area contributed by atoms with Gasteiger partial charge in [0.2, 0.25) is 5.91 Å². The molecule has 1 amide bonds. The molecule has 0 aliphatic carbocycles. The van der Waals surface area contributed by atoms with Crippen molar-refractivity contribution < 1.29 is 9.18 Å². The van der Waals surface area contributed by atoms with Gasteiger partial charge in [-0.15, -0.1) is 0 Å². The number of rotatable bonds is 6. The quantitative estimate of drug-likeness (QED) is 0.815. The van der Waals surface area contributed by atoms with Crippen molar-refractivity contribution in [3.63, 3.8) is 0 Å². The molecule has 1 aliphatic rings. The molecule has 1 aliphatic heterocycles. The molecule has 3 rings (SSSR count). The third-order valence-corrected chi connectivity index (χ3v) is 4.13. The average molecular weight is 316 g/mol. The number of piperazine rings is 1. The predicted molar refractivity (Wildman–Crippen MR) is 85.1 cm³/mol. The van der Waals surface area contributed by atoms with E-state index in [-0.39, 0.29) is 11.7 Å². The Bertz CT molecular complexity index is 627. The molecule has 1 fully saturated rings. The van der Waals surface area contributed by atoms with Crippen LogP contribution in [0.15, 0.2) is 43.0 Å². The maximum Gasteiger partial charge on any atom is 0.237 e. The molecule has 2 aromatic rings. The zero-order valence-corrected chi connectivity index (χ0v) is 13.1. The Morgan fingerprint density at radius 3 is 2.65 bits per heavy atom. The molecule has 0 spiro atoms. The summed E-state index contributed by atoms with van der Waals surface area (Å²) >= 11 is 0. The fourth-order valence-corrected chi connectivity index (χ4v) is 2.82. The first kappa shape index (κ1) is 15.7. The van der Waals surface area contributed by atoms with Crippen LogP contribution in [0.5, 0.6) is 0 Å². The normalized spacial score (nSPS) is 16.0. The molecule has 1 aromatic heterocycles. The van der Waals surface area contributed by atoms with Gasteiger partial charge < -0.3 is 9.47 Å². The molecular formula is C17H21FN4O. The Hall–Kier alpha value is -2.21. The van der Waals surface area contributed by atoms with E-state index in [9.17, 15) is 9.18 Å². The van der Waals surface area contributed by atoms with Gasteiger partial charge in [-0.05, 0) is 24.1 Å². The minimum Gasteiger partial charge on any atom is -0.337 e. The summed E-state index contributed by atoms with van der Waals surface area (Å²) in [7, 11) is 0. The smallest absolute Gasteiger partial charge is 0.237 e. The van der Waals surface area contributed by atoms with E-state index in [4.69, 9.17) is 0 Å². The van der Waals surface area contributed by atoms with Gasteiger partial charge in [0.15, 0.2) is 0 Å². The second kappa shape index (κ2) is 7.37. The standard InChI is InChI=1S/C17H21FN4O/c18-16-4-2-15(3-5-16)12-22-11-10-20(13-17(22)23)7-1-8-21-9-6-19-14-21/h2-6,9,14H,1,7-8,10-13H2. The largest absolute Gasteiger partial charge is 0.337 e. The summed E-state index contributed by atoms with van der Waals surface area (Å²) in [5.74, 6) is -0.106. The maximum absolute atomic E-state index is 12.9. The number of amides is 1. The van der Waals surface area contributed by atoms with Crippen molar-refractivity contribution in [2.24, 2.45) is 0 Å². The zero-order chi connectivity index (χ0) is 16.1. The third-order valence-electron chi connectivity index (χ3n) is 4.13. The minimum atomic E-state index is -0.247. The molecule has 0 bridgehead atoms. The number of imidazole rings is 1. The summed E-state index contributed by atoms with van der Waals surface area (Å²) in [5, 5.41) is 0. The highest BCUT2D eigenvalue weighted by Crippen LogP contribution is 2.11. The Kier molecular flexibility index (Phi) is 5.02. The van der Waals surface area contributed by atoms with Gasteiger partial charge >= 0.3 is 0 Å². The lowest BCUT2D eigenvalue weighted by Gasteiger charge is -2.34. The van der Waals surface area contributed by atoms with Crippen molar-refractivity contribution in [3.05, 3.63) is 54.4 Å². The highest BCUT2D eigenvalue weighted by atomic mass is 19.1. The SMILES string of the molecule is O=C1CN(CCCn2ccnc2)CCN1Cc1ccc(F)cc1. The molecule has 0 saturated carbocycles. The van der Waals surface area contributed by atoms with Crippen LogP contribution in [-0.2, 0) is 17.9 Å². The number of hydrogen-bond acceptors (Lipinski definition) is 3. The maximum atomic E-state index is 12.9. The fraction of sp³-hybridized carbons (Fsp3) is 0.412. The van der Waals surface area contributed by atoms with E-state index in [1.165, 1.54) is 12.1 Å². The monoisotopic (exact) mass is 316 g/mol. The van der Waals surface area contributed by atoms with Crippen molar-refractivity contribution in [2.75, 3.05) is 26.2 Å². The van der Waals surface area contributed by atoms with Gasteiger partial charge in [0.1, 0.15) is 5.82 Å². The summed E-state index contributed by atoms with van der Waals surface area (Å²) in [6, 6.07) is 6.35. The van der Waals surface area contributed by atoms with E-state index < -0.39 is 0 Å². The molecule has 0 N–H and O–H groups in total. The van der Waals surface area contributed by atoms with Crippen LogP contribution in [0.25, 0.3) is 0 Å². The molecule has 0 unspecified atom stereocenters. The predicted octanol–water partition coefficient (Wildman–Crippen LogP) is 1.76. The van der Waals surface area contributed by atoms with E-state index in [1.54, 1.807) is 18.3 Å². The highest BCUT2D eigenvalue weighted by molar-refractivity contribution is 5.79. The number of nitrogens with zero attached hydrogens (tertiary/aromatic N) is 4. The molecule has 122 valence electrons. The van der Waals surface area contributed by atoms with Crippen LogP contribution in [0.2, 0.25) is 0 Å². The summed E-state index contributed by atoms with van der Waals surface area (Å²) in [6.45, 7) is 4.46. The number of aryl methyl sites for hydroxylation is 1. The fourth-order valence-electron chi connectivity index (χ4n) is 2.82. The van der Waals surface area contributed by atoms with Gasteiger partial charge in [-0.1, -0.05) is 12.1 Å². The number of carbonyl (C=O) groups is 1. The number of aromatic nitrogens is 2. The third kappa shape index (κ3) is 4.39. The number of benzene rings is 1. The lowest BCUT2D eigenvalue weighted by atomic mass is 10.2. The van der Waals surface area contributed by atoms with Crippen LogP contribution in [0.1, 0.15) is 12.0 Å². The lowest BCUT2D eigenvalue weighted by Crippen LogP contribution is -2.50. The molecule has 2 heterocycles. The van der Waals surface area contributed by atoms with Crippen molar-refractivity contribution in [1.82, 2.24) is 19.4 Å². The van der Waals surface area contributed by atoms with E-state index in [2.05, 4.69) is 9.88 Å². The molecular weight excluding hydrogens is 295 g/mol. The Labute approximate surface area is 135 Å². The van der Waals surface area contributed by atoms with Crippen molar-refractivity contribution in [3.8, 4) is 0 Å². The highest BCUT2D eigenvalue weighted by Gasteiger charge is 2.23. The van der Waals surface area contributed by atoms with Gasteiger partial charge in [-0.25, -0.2) is 9.37 Å². The first-order valence-electron chi connectivity index (χ1n) is 7.91. The zero-order valence-electron chi connectivity index (χ0n) is 13.1. The van der Waals surface area contributed by atoms with Crippen LogP contribution >= 0.6 is 0 Å². The summed E-state index contributed by atoms with van der Waals surface area (Å²) in [6.07, 6.45) is 6.54. The van der Waals surface area contributed by atoms with Crippen LogP contribution < -0.4 is 0 Å². The summed E-state index contributed by atoms with van der Waals surface area (Å²) in [5.41, 5.74) is 0.966. The second-order valence-corrected chi connectivity index (χ2v) is 5.87. The number of halogens is 1. The molecule has 23 heavy (non-hydrogen) atoms. The van der Waals surface area contributed by atoms with E-state index in [0.717, 1.165) is 38.2 Å². The Balaban J connectivity index is 1.43. The molecule has 5 nitrogen and oxygen atoms in total. The topological polar surface area (TPSA) is 41.4 Å². The molecule has 0 atom stereocenters. The lowest BCUT2D eigenvalue weighted by molar-refractivity contribution is -0.136. The Morgan fingerprint density at radius 1 is 1.13 bits per heavy atom. The molecule has 6 heteroatoms. The molecule has 0 radical (unpaired) electrons. The Morgan fingerprint density at radius 2 is 1.96 bits per heavy atom. The van der Waals surface area contributed by atoms with E-state index in [0.29, 0.717) is 13.1 Å². The van der Waals surface area contributed by atoms with Gasteiger partial charge in [0.25, 0.3) is 0 Å². The van der Waals surface area contributed by atoms with Crippen molar-refractivity contribution in [1.29, 1.82) is 0 Å². The van der Waals surface area contributed by atoms with Crippen LogP contribution in [-0.4, -0.2) is 51.4 Å². The van der Waals surface area contributed by atoms with E-state index >= 15 is 0 Å². The number of carbonyl (C=O) groups excluding carboxylic acids is 1. The summed E-state index contributed by atoms with van der Waals surface area (Å²) < 4.78 is 15.0. The van der Waals surface area contributed by atoms with Crippen molar-refractivity contribution in [2.45, 2.75) is 19.5 Å². The van der Waals surface area contributed by atoms with Gasteiger partial charge in [-0.2, -0.15) is 0 Å². The minimum absolute atomic E-state index is 0.142. The van der Waals surface area contributed by atoms with Crippen LogP contribution in [0.4, 0.5) is 4.39 Å². The van der Waals surface area contributed by atoms with Gasteiger partial charge in [0, 0.05) is 45.1 Å². The van der Waals surface area contributed by atoms with Gasteiger partial charge in [0.05, 0.1) is 12.9 Å². The number of hydrogen-bond donors (Lipinski definition) is 0. The first-order valence-corrected chi connectivity index (χ1v) is 7.91. The second-order valence-electron chi connectivity index (χ2n) is 5.87.